The smallest absolute Gasteiger partial charge is 0.123 e. The predicted octanol–water partition coefficient (Wildman–Crippen LogP) is 3.55. The van der Waals surface area contributed by atoms with Crippen LogP contribution >= 0.6 is 24.0 Å². The number of hydrogen-bond donors (Lipinski definition) is 1. The summed E-state index contributed by atoms with van der Waals surface area (Å²) in [5.74, 6) is 0.711. The van der Waals surface area contributed by atoms with Gasteiger partial charge in [0, 0.05) is 16.7 Å². The Morgan fingerprint density at radius 1 is 1.36 bits per heavy atom. The predicted molar refractivity (Wildman–Crippen MR) is 65.0 cm³/mol. The van der Waals surface area contributed by atoms with E-state index in [1.807, 2.05) is 12.1 Å². The largest absolute Gasteiger partial charge is 0.240 e. The van der Waals surface area contributed by atoms with Gasteiger partial charge in [0.05, 0.1) is 5.69 Å². The van der Waals surface area contributed by atoms with Gasteiger partial charge in [-0.15, -0.1) is 11.3 Å². The first kappa shape index (κ1) is 9.74. The molecule has 0 amide bonds. The van der Waals surface area contributed by atoms with Crippen molar-refractivity contribution >= 4 is 24.0 Å². The molecule has 0 unspecified atom stereocenters. The molecule has 1 nitrogen and oxygen atoms in total. The van der Waals surface area contributed by atoms with Crippen LogP contribution in [0.25, 0.3) is 10.6 Å². The second-order valence-electron chi connectivity index (χ2n) is 3.12. The number of benzene rings is 1. The lowest BCUT2D eigenvalue weighted by Gasteiger charge is -1.99. The van der Waals surface area contributed by atoms with Gasteiger partial charge in [0.1, 0.15) is 5.01 Å². The van der Waals surface area contributed by atoms with Gasteiger partial charge in [-0.1, -0.05) is 24.3 Å². The van der Waals surface area contributed by atoms with Crippen LogP contribution in [0.1, 0.15) is 11.3 Å². The fourth-order valence-electron chi connectivity index (χ4n) is 1.32. The minimum Gasteiger partial charge on any atom is -0.240 e. The van der Waals surface area contributed by atoms with Gasteiger partial charge in [-0.25, -0.2) is 4.98 Å². The Labute approximate surface area is 93.2 Å². The minimum absolute atomic E-state index is 0.711. The van der Waals surface area contributed by atoms with E-state index < -0.39 is 0 Å². The third-order valence-corrected chi connectivity index (χ3v) is 3.34. The molecule has 0 fully saturated rings. The van der Waals surface area contributed by atoms with Gasteiger partial charge in [0.15, 0.2) is 0 Å². The molecule has 1 aromatic heterocycles. The summed E-state index contributed by atoms with van der Waals surface area (Å²) in [4.78, 5) is 4.50. The highest BCUT2D eigenvalue weighted by Gasteiger charge is 2.05. The number of rotatable bonds is 2. The van der Waals surface area contributed by atoms with E-state index in [1.165, 1.54) is 11.1 Å². The molecule has 2 aromatic rings. The molecule has 0 radical (unpaired) electrons. The Bertz CT molecular complexity index is 434. The number of nitrogens with zero attached hydrogens (tertiary/aromatic N) is 1. The number of hydrogen-bond acceptors (Lipinski definition) is 3. The molecule has 0 saturated carbocycles. The van der Waals surface area contributed by atoms with E-state index in [2.05, 4.69) is 42.0 Å². The molecular weight excluding hydrogens is 210 g/mol. The van der Waals surface area contributed by atoms with Gasteiger partial charge in [0.25, 0.3) is 0 Å². The topological polar surface area (TPSA) is 12.9 Å². The first-order valence-electron chi connectivity index (χ1n) is 4.42. The lowest BCUT2D eigenvalue weighted by molar-refractivity contribution is 1.24. The van der Waals surface area contributed by atoms with Gasteiger partial charge >= 0.3 is 0 Å². The molecule has 3 heteroatoms. The average molecular weight is 221 g/mol. The molecule has 0 saturated heterocycles. The van der Waals surface area contributed by atoms with E-state index in [4.69, 9.17) is 0 Å². The summed E-state index contributed by atoms with van der Waals surface area (Å²) in [7, 11) is 0. The Kier molecular flexibility index (Phi) is 2.89. The van der Waals surface area contributed by atoms with Gasteiger partial charge < -0.3 is 0 Å². The van der Waals surface area contributed by atoms with Gasteiger partial charge in [-0.05, 0) is 12.5 Å². The van der Waals surface area contributed by atoms with Crippen molar-refractivity contribution in [3.05, 3.63) is 40.9 Å². The van der Waals surface area contributed by atoms with E-state index >= 15 is 0 Å². The molecule has 2 rings (SSSR count). The molecule has 1 heterocycles. The van der Waals surface area contributed by atoms with Crippen molar-refractivity contribution in [3.63, 3.8) is 0 Å². The number of aromatic nitrogens is 1. The van der Waals surface area contributed by atoms with Crippen LogP contribution in [0, 0.1) is 6.92 Å². The summed E-state index contributed by atoms with van der Waals surface area (Å²) in [5.41, 5.74) is 3.55. The first-order chi connectivity index (χ1) is 6.81. The van der Waals surface area contributed by atoms with Gasteiger partial charge in [0.2, 0.25) is 0 Å². The molecule has 0 aliphatic carbocycles. The zero-order valence-electron chi connectivity index (χ0n) is 7.90. The zero-order valence-corrected chi connectivity index (χ0v) is 9.61. The third-order valence-electron chi connectivity index (χ3n) is 2.09. The number of thiazole rings is 1. The summed E-state index contributed by atoms with van der Waals surface area (Å²) in [5, 5.41) is 3.15. The van der Waals surface area contributed by atoms with Crippen molar-refractivity contribution in [1.29, 1.82) is 0 Å². The Morgan fingerprint density at radius 3 is 2.79 bits per heavy atom. The highest BCUT2D eigenvalue weighted by Crippen LogP contribution is 2.26. The number of aryl methyl sites for hydroxylation is 1. The Hall–Kier alpha value is -0.800. The molecule has 0 aliphatic rings. The second-order valence-corrected chi connectivity index (χ2v) is 4.29. The molecule has 1 aromatic carbocycles. The third kappa shape index (κ3) is 1.83. The molecule has 0 atom stereocenters. The van der Waals surface area contributed by atoms with E-state index in [1.54, 1.807) is 11.3 Å². The molecule has 0 aliphatic heterocycles. The van der Waals surface area contributed by atoms with Crippen LogP contribution in [0.3, 0.4) is 0 Å². The summed E-state index contributed by atoms with van der Waals surface area (Å²) in [6, 6.07) is 8.31. The van der Waals surface area contributed by atoms with E-state index in [0.717, 1.165) is 10.7 Å². The SMILES string of the molecule is Cc1ccccc1-c1nc(CS)cs1. The van der Waals surface area contributed by atoms with Gasteiger partial charge in [-0.2, -0.15) is 12.6 Å². The fourth-order valence-corrected chi connectivity index (χ4v) is 2.51. The molecular formula is C11H11NS2. The maximum Gasteiger partial charge on any atom is 0.123 e. The molecule has 0 bridgehead atoms. The quantitative estimate of drug-likeness (QED) is 0.765. The van der Waals surface area contributed by atoms with E-state index in [0.29, 0.717) is 5.75 Å². The monoisotopic (exact) mass is 221 g/mol. The van der Waals surface area contributed by atoms with Crippen molar-refractivity contribution in [2.45, 2.75) is 12.7 Å². The standard InChI is InChI=1S/C11H11NS2/c1-8-4-2-3-5-10(8)11-12-9(6-13)7-14-11/h2-5,7,13H,6H2,1H3. The Morgan fingerprint density at radius 2 is 2.14 bits per heavy atom. The summed E-state index contributed by atoms with van der Waals surface area (Å²) in [6.45, 7) is 2.11. The van der Waals surface area contributed by atoms with Crippen LogP contribution in [0.15, 0.2) is 29.6 Å². The van der Waals surface area contributed by atoms with Crippen LogP contribution in [-0.2, 0) is 5.75 Å². The van der Waals surface area contributed by atoms with Gasteiger partial charge in [-0.3, -0.25) is 0 Å². The normalized spacial score (nSPS) is 10.4. The van der Waals surface area contributed by atoms with E-state index in [-0.39, 0.29) is 0 Å². The van der Waals surface area contributed by atoms with Crippen molar-refractivity contribution in [2.24, 2.45) is 0 Å². The molecule has 14 heavy (non-hydrogen) atoms. The molecule has 72 valence electrons. The van der Waals surface area contributed by atoms with E-state index in [9.17, 15) is 0 Å². The Balaban J connectivity index is 2.44. The fraction of sp³-hybridized carbons (Fsp3) is 0.182. The van der Waals surface area contributed by atoms with Crippen LogP contribution < -0.4 is 0 Å². The van der Waals surface area contributed by atoms with Crippen molar-refractivity contribution < 1.29 is 0 Å². The lowest BCUT2D eigenvalue weighted by atomic mass is 10.1. The summed E-state index contributed by atoms with van der Waals surface area (Å²) < 4.78 is 0. The van der Waals surface area contributed by atoms with Crippen molar-refractivity contribution in [3.8, 4) is 10.6 Å². The van der Waals surface area contributed by atoms with Crippen LogP contribution in [0.4, 0.5) is 0 Å². The van der Waals surface area contributed by atoms with Crippen LogP contribution in [-0.4, -0.2) is 4.98 Å². The molecule has 0 N–H and O–H groups in total. The highest BCUT2D eigenvalue weighted by atomic mass is 32.1. The summed E-state index contributed by atoms with van der Waals surface area (Å²) >= 11 is 5.89. The van der Waals surface area contributed by atoms with Crippen LogP contribution in [0.5, 0.6) is 0 Å². The average Bonchev–Trinajstić information content (AvgIpc) is 2.67. The highest BCUT2D eigenvalue weighted by molar-refractivity contribution is 7.79. The minimum atomic E-state index is 0.711. The maximum absolute atomic E-state index is 4.50. The van der Waals surface area contributed by atoms with Crippen LogP contribution in [0.2, 0.25) is 0 Å². The van der Waals surface area contributed by atoms with Crippen molar-refractivity contribution in [1.82, 2.24) is 4.98 Å². The lowest BCUT2D eigenvalue weighted by Crippen LogP contribution is -1.82. The first-order valence-corrected chi connectivity index (χ1v) is 5.93. The summed E-state index contributed by atoms with van der Waals surface area (Å²) in [6.07, 6.45) is 0. The second kappa shape index (κ2) is 4.15. The van der Waals surface area contributed by atoms with Crippen molar-refractivity contribution in [2.75, 3.05) is 0 Å². The maximum atomic E-state index is 4.50. The molecule has 0 spiro atoms. The zero-order chi connectivity index (χ0) is 9.97. The number of thiol groups is 1.